The number of aliphatic hydroxyl groups is 1. The third kappa shape index (κ3) is 14.7. The van der Waals surface area contributed by atoms with Crippen LogP contribution in [0.3, 0.4) is 0 Å². The Morgan fingerprint density at radius 2 is 1.77 bits per heavy atom. The van der Waals surface area contributed by atoms with E-state index >= 15 is 0 Å². The van der Waals surface area contributed by atoms with Crippen molar-refractivity contribution in [1.29, 1.82) is 0 Å². The highest BCUT2D eigenvalue weighted by molar-refractivity contribution is 4.56. The second-order valence-corrected chi connectivity index (χ2v) is 3.07. The molecule has 82 valence electrons. The Morgan fingerprint density at radius 3 is 2.23 bits per heavy atom. The van der Waals surface area contributed by atoms with Gasteiger partial charge >= 0.3 is 0 Å². The number of hydrogen-bond donors (Lipinski definition) is 3. The first-order chi connectivity index (χ1) is 6.31. The Kier molecular flexibility index (Phi) is 17.0. The van der Waals surface area contributed by atoms with Crippen molar-refractivity contribution in [2.24, 2.45) is 0 Å². The van der Waals surface area contributed by atoms with Crippen molar-refractivity contribution in [3.8, 4) is 0 Å². The topological polar surface area (TPSA) is 44.3 Å². The van der Waals surface area contributed by atoms with Gasteiger partial charge in [-0.3, -0.25) is 10.9 Å². The van der Waals surface area contributed by atoms with E-state index in [0.717, 1.165) is 13.7 Å². The number of nitrogens with one attached hydrogen (secondary N) is 2. The molecule has 0 rings (SSSR count). The van der Waals surface area contributed by atoms with Gasteiger partial charge < -0.3 is 5.11 Å². The molecule has 3 N–H and O–H groups in total. The molecule has 1 unspecified atom stereocenters. The summed E-state index contributed by atoms with van der Waals surface area (Å²) in [6.45, 7) is 7.56. The molecule has 0 aromatic carbocycles. The number of rotatable bonds is 7. The number of hydrazine groups is 1. The molecule has 1 atom stereocenters. The molecule has 0 saturated heterocycles. The zero-order valence-corrected chi connectivity index (χ0v) is 9.56. The minimum atomic E-state index is 0.612. The van der Waals surface area contributed by atoms with Crippen LogP contribution in [0.1, 0.15) is 46.5 Å². The molecule has 13 heavy (non-hydrogen) atoms. The van der Waals surface area contributed by atoms with Crippen molar-refractivity contribution in [2.45, 2.75) is 52.5 Å². The molecule has 0 radical (unpaired) electrons. The molecular formula is C10H26N2O. The van der Waals surface area contributed by atoms with E-state index < -0.39 is 0 Å². The minimum absolute atomic E-state index is 0.612. The Hall–Kier alpha value is -0.120. The van der Waals surface area contributed by atoms with Crippen molar-refractivity contribution < 1.29 is 5.11 Å². The molecule has 0 amide bonds. The molecule has 0 aromatic heterocycles. The SMILES string of the molecule is CCCCCC(C)NNCC.CO. The van der Waals surface area contributed by atoms with Gasteiger partial charge in [0, 0.05) is 19.7 Å². The Balaban J connectivity index is 0. The van der Waals surface area contributed by atoms with Crippen LogP contribution < -0.4 is 10.9 Å². The molecule has 3 heteroatoms. The molecule has 0 fully saturated rings. The molecule has 0 heterocycles. The van der Waals surface area contributed by atoms with Crippen LogP contribution in [0.2, 0.25) is 0 Å². The van der Waals surface area contributed by atoms with E-state index in [1.165, 1.54) is 25.7 Å². The smallest absolute Gasteiger partial charge is 0.0319 e. The van der Waals surface area contributed by atoms with Crippen molar-refractivity contribution in [3.63, 3.8) is 0 Å². The van der Waals surface area contributed by atoms with Crippen LogP contribution >= 0.6 is 0 Å². The lowest BCUT2D eigenvalue weighted by Crippen LogP contribution is -2.38. The number of aliphatic hydroxyl groups excluding tert-OH is 1. The molecule has 3 nitrogen and oxygen atoms in total. The van der Waals surface area contributed by atoms with Crippen molar-refractivity contribution in [1.82, 2.24) is 10.9 Å². The highest BCUT2D eigenvalue weighted by Crippen LogP contribution is 2.01. The molecule has 0 spiro atoms. The quantitative estimate of drug-likeness (QED) is 0.423. The lowest BCUT2D eigenvalue weighted by atomic mass is 10.1. The maximum absolute atomic E-state index is 7.00. The van der Waals surface area contributed by atoms with Crippen LogP contribution in [-0.2, 0) is 0 Å². The van der Waals surface area contributed by atoms with E-state index in [4.69, 9.17) is 5.11 Å². The van der Waals surface area contributed by atoms with Gasteiger partial charge in [0.25, 0.3) is 0 Å². The van der Waals surface area contributed by atoms with Gasteiger partial charge in [-0.1, -0.05) is 33.1 Å². The van der Waals surface area contributed by atoms with Crippen molar-refractivity contribution >= 4 is 0 Å². The largest absolute Gasteiger partial charge is 0.400 e. The summed E-state index contributed by atoms with van der Waals surface area (Å²) in [4.78, 5) is 0. The fourth-order valence-corrected chi connectivity index (χ4v) is 1.05. The summed E-state index contributed by atoms with van der Waals surface area (Å²) in [6.07, 6.45) is 5.29. The van der Waals surface area contributed by atoms with E-state index in [2.05, 4.69) is 31.6 Å². The third-order valence-electron chi connectivity index (χ3n) is 1.77. The maximum Gasteiger partial charge on any atom is 0.0319 e. The van der Waals surface area contributed by atoms with Gasteiger partial charge in [0.15, 0.2) is 0 Å². The predicted molar refractivity (Wildman–Crippen MR) is 58.6 cm³/mol. The van der Waals surface area contributed by atoms with Crippen LogP contribution in [0.5, 0.6) is 0 Å². The summed E-state index contributed by atoms with van der Waals surface area (Å²) >= 11 is 0. The first-order valence-electron chi connectivity index (χ1n) is 5.24. The van der Waals surface area contributed by atoms with E-state index in [1.54, 1.807) is 0 Å². The van der Waals surface area contributed by atoms with E-state index in [0.29, 0.717) is 6.04 Å². The fraction of sp³-hybridized carbons (Fsp3) is 1.00. The first-order valence-corrected chi connectivity index (χ1v) is 5.24. The fourth-order valence-electron chi connectivity index (χ4n) is 1.05. The predicted octanol–water partition coefficient (Wildman–Crippen LogP) is 1.68. The Bertz CT molecular complexity index is 79.3. The van der Waals surface area contributed by atoms with E-state index in [-0.39, 0.29) is 0 Å². The van der Waals surface area contributed by atoms with E-state index in [9.17, 15) is 0 Å². The zero-order valence-electron chi connectivity index (χ0n) is 9.56. The molecule has 0 aliphatic carbocycles. The molecule has 0 aliphatic heterocycles. The van der Waals surface area contributed by atoms with Crippen molar-refractivity contribution in [3.05, 3.63) is 0 Å². The number of unbranched alkanes of at least 4 members (excludes halogenated alkanes) is 2. The molecule has 0 bridgehead atoms. The van der Waals surface area contributed by atoms with Gasteiger partial charge in [-0.05, 0) is 13.3 Å². The highest BCUT2D eigenvalue weighted by Gasteiger charge is 1.97. The van der Waals surface area contributed by atoms with Crippen LogP contribution in [0.15, 0.2) is 0 Å². The lowest BCUT2D eigenvalue weighted by Gasteiger charge is -2.12. The summed E-state index contributed by atoms with van der Waals surface area (Å²) in [5.41, 5.74) is 6.37. The monoisotopic (exact) mass is 190 g/mol. The molecule has 0 aromatic rings. The van der Waals surface area contributed by atoms with Gasteiger partial charge in [0.1, 0.15) is 0 Å². The molecule has 0 saturated carbocycles. The molecule has 0 aliphatic rings. The van der Waals surface area contributed by atoms with Crippen LogP contribution in [0, 0.1) is 0 Å². The number of hydrogen-bond acceptors (Lipinski definition) is 3. The average Bonchev–Trinajstić information content (AvgIpc) is 2.18. The second-order valence-electron chi connectivity index (χ2n) is 3.07. The minimum Gasteiger partial charge on any atom is -0.400 e. The van der Waals surface area contributed by atoms with Crippen LogP contribution in [0.25, 0.3) is 0 Å². The summed E-state index contributed by atoms with van der Waals surface area (Å²) in [7, 11) is 1.00. The van der Waals surface area contributed by atoms with Gasteiger partial charge in [0.05, 0.1) is 0 Å². The summed E-state index contributed by atoms with van der Waals surface area (Å²) in [6, 6.07) is 0.612. The summed E-state index contributed by atoms with van der Waals surface area (Å²) in [5.74, 6) is 0. The Morgan fingerprint density at radius 1 is 1.15 bits per heavy atom. The van der Waals surface area contributed by atoms with Crippen LogP contribution in [-0.4, -0.2) is 24.8 Å². The second kappa shape index (κ2) is 14.4. The zero-order chi connectivity index (χ0) is 10.5. The normalized spacial score (nSPS) is 11.8. The highest BCUT2D eigenvalue weighted by atomic mass is 16.2. The standard InChI is InChI=1S/C9H22N2.CH4O/c1-4-6-7-8-9(3)11-10-5-2;1-2/h9-11H,4-8H2,1-3H3;2H,1H3. The van der Waals surface area contributed by atoms with E-state index in [1.807, 2.05) is 0 Å². The van der Waals surface area contributed by atoms with Gasteiger partial charge in [0.2, 0.25) is 0 Å². The molecular weight excluding hydrogens is 164 g/mol. The van der Waals surface area contributed by atoms with Crippen LogP contribution in [0.4, 0.5) is 0 Å². The van der Waals surface area contributed by atoms with Gasteiger partial charge in [-0.2, -0.15) is 0 Å². The third-order valence-corrected chi connectivity index (χ3v) is 1.77. The maximum atomic E-state index is 7.00. The van der Waals surface area contributed by atoms with Crippen molar-refractivity contribution in [2.75, 3.05) is 13.7 Å². The average molecular weight is 190 g/mol. The van der Waals surface area contributed by atoms with Gasteiger partial charge in [-0.25, -0.2) is 0 Å². The lowest BCUT2D eigenvalue weighted by molar-refractivity contribution is 0.399. The summed E-state index contributed by atoms with van der Waals surface area (Å²) < 4.78 is 0. The Labute approximate surface area is 82.9 Å². The summed E-state index contributed by atoms with van der Waals surface area (Å²) in [5, 5.41) is 7.00. The first kappa shape index (κ1) is 15.4. The van der Waals surface area contributed by atoms with Gasteiger partial charge in [-0.15, -0.1) is 0 Å².